The minimum Gasteiger partial charge on any atom is -0.465 e. The number of benzene rings is 2. The average Bonchev–Trinajstić information content (AvgIpc) is 2.97. The zero-order valence-corrected chi connectivity index (χ0v) is 11.2. The number of ether oxygens (including phenoxy) is 1. The minimum atomic E-state index is -0.420. The SMILES string of the molecule is COC(=O)c1ccc2oc(-c3ccc(C=O)cc3)nc2c1. The van der Waals surface area contributed by atoms with Crippen molar-refractivity contribution in [2.24, 2.45) is 0 Å². The van der Waals surface area contributed by atoms with E-state index in [0.29, 0.717) is 28.1 Å². The lowest BCUT2D eigenvalue weighted by Crippen LogP contribution is -2.00. The van der Waals surface area contributed by atoms with Crippen LogP contribution in [0.3, 0.4) is 0 Å². The monoisotopic (exact) mass is 281 g/mol. The van der Waals surface area contributed by atoms with Crippen LogP contribution in [0.25, 0.3) is 22.6 Å². The average molecular weight is 281 g/mol. The Kier molecular flexibility index (Phi) is 3.23. The molecule has 0 saturated heterocycles. The zero-order chi connectivity index (χ0) is 14.8. The summed E-state index contributed by atoms with van der Waals surface area (Å²) < 4.78 is 10.3. The van der Waals surface area contributed by atoms with E-state index >= 15 is 0 Å². The maximum atomic E-state index is 11.5. The molecule has 0 saturated carbocycles. The Morgan fingerprint density at radius 1 is 1.19 bits per heavy atom. The van der Waals surface area contributed by atoms with Crippen molar-refractivity contribution in [3.63, 3.8) is 0 Å². The smallest absolute Gasteiger partial charge is 0.337 e. The Labute approximate surface area is 120 Å². The number of hydrogen-bond acceptors (Lipinski definition) is 5. The molecule has 104 valence electrons. The third kappa shape index (κ3) is 2.41. The van der Waals surface area contributed by atoms with Crippen molar-refractivity contribution in [2.75, 3.05) is 7.11 Å². The Bertz CT molecular complexity index is 818. The van der Waals surface area contributed by atoms with Crippen LogP contribution < -0.4 is 0 Å². The summed E-state index contributed by atoms with van der Waals surface area (Å²) in [5, 5.41) is 0. The summed E-state index contributed by atoms with van der Waals surface area (Å²) >= 11 is 0. The van der Waals surface area contributed by atoms with Crippen LogP contribution in [0.15, 0.2) is 46.9 Å². The van der Waals surface area contributed by atoms with Gasteiger partial charge in [0.15, 0.2) is 5.58 Å². The first-order valence-electron chi connectivity index (χ1n) is 6.26. The van der Waals surface area contributed by atoms with E-state index in [1.165, 1.54) is 7.11 Å². The maximum absolute atomic E-state index is 11.5. The van der Waals surface area contributed by atoms with Gasteiger partial charge in [-0.1, -0.05) is 12.1 Å². The Morgan fingerprint density at radius 3 is 2.62 bits per heavy atom. The number of aromatic nitrogens is 1. The quantitative estimate of drug-likeness (QED) is 0.545. The normalized spacial score (nSPS) is 10.5. The molecule has 3 aromatic rings. The summed E-state index contributed by atoms with van der Waals surface area (Å²) in [6.07, 6.45) is 0.776. The molecule has 0 atom stereocenters. The van der Waals surface area contributed by atoms with E-state index in [9.17, 15) is 9.59 Å². The number of carbonyl (C=O) groups is 2. The molecule has 1 aromatic heterocycles. The fourth-order valence-electron chi connectivity index (χ4n) is 2.00. The summed E-state index contributed by atoms with van der Waals surface area (Å²) in [5.41, 5.74) is 2.92. The van der Waals surface area contributed by atoms with E-state index in [1.807, 2.05) is 0 Å². The zero-order valence-electron chi connectivity index (χ0n) is 11.2. The number of fused-ring (bicyclic) bond motifs is 1. The number of rotatable bonds is 3. The number of aldehydes is 1. The molecule has 0 spiro atoms. The molecule has 5 nitrogen and oxygen atoms in total. The second-order valence-corrected chi connectivity index (χ2v) is 4.43. The van der Waals surface area contributed by atoms with Crippen LogP contribution in [0.5, 0.6) is 0 Å². The molecular formula is C16H11NO4. The highest BCUT2D eigenvalue weighted by Gasteiger charge is 2.12. The van der Waals surface area contributed by atoms with E-state index in [0.717, 1.165) is 11.8 Å². The first kappa shape index (κ1) is 13.1. The maximum Gasteiger partial charge on any atom is 0.337 e. The molecule has 3 rings (SSSR count). The van der Waals surface area contributed by atoms with Crippen LogP contribution >= 0.6 is 0 Å². The topological polar surface area (TPSA) is 69.4 Å². The highest BCUT2D eigenvalue weighted by atomic mass is 16.5. The molecule has 0 fully saturated rings. The third-order valence-electron chi connectivity index (χ3n) is 3.10. The molecule has 0 unspecified atom stereocenters. The highest BCUT2D eigenvalue weighted by molar-refractivity contribution is 5.93. The number of oxazole rings is 1. The second-order valence-electron chi connectivity index (χ2n) is 4.43. The van der Waals surface area contributed by atoms with Crippen LogP contribution in [0.2, 0.25) is 0 Å². The number of carbonyl (C=O) groups excluding carboxylic acids is 2. The van der Waals surface area contributed by atoms with Crippen molar-refractivity contribution in [3.05, 3.63) is 53.6 Å². The molecule has 0 amide bonds. The van der Waals surface area contributed by atoms with Crippen LogP contribution in [0.1, 0.15) is 20.7 Å². The van der Waals surface area contributed by atoms with E-state index in [-0.39, 0.29) is 0 Å². The van der Waals surface area contributed by atoms with Gasteiger partial charge in [0.2, 0.25) is 5.89 Å². The predicted octanol–water partition coefficient (Wildman–Crippen LogP) is 3.09. The lowest BCUT2D eigenvalue weighted by Gasteiger charge is -1.96. The molecule has 0 N–H and O–H groups in total. The molecule has 0 bridgehead atoms. The van der Waals surface area contributed by atoms with Crippen molar-refractivity contribution < 1.29 is 18.7 Å². The fourth-order valence-corrected chi connectivity index (χ4v) is 2.00. The van der Waals surface area contributed by atoms with Gasteiger partial charge >= 0.3 is 5.97 Å². The van der Waals surface area contributed by atoms with E-state index in [1.54, 1.807) is 42.5 Å². The number of methoxy groups -OCH3 is 1. The number of esters is 1. The molecule has 0 radical (unpaired) electrons. The summed E-state index contributed by atoms with van der Waals surface area (Å²) in [5.74, 6) is 0.0150. The van der Waals surface area contributed by atoms with Gasteiger partial charge in [0, 0.05) is 11.1 Å². The minimum absolute atomic E-state index is 0.418. The van der Waals surface area contributed by atoms with Gasteiger partial charge in [-0.25, -0.2) is 9.78 Å². The van der Waals surface area contributed by atoms with Gasteiger partial charge in [-0.15, -0.1) is 0 Å². The Morgan fingerprint density at radius 2 is 1.95 bits per heavy atom. The molecular weight excluding hydrogens is 270 g/mol. The lowest BCUT2D eigenvalue weighted by molar-refractivity contribution is 0.0601. The van der Waals surface area contributed by atoms with Crippen LogP contribution in [0, 0.1) is 0 Å². The molecule has 0 aliphatic heterocycles. The van der Waals surface area contributed by atoms with Gasteiger partial charge in [-0.3, -0.25) is 4.79 Å². The van der Waals surface area contributed by atoms with E-state index in [4.69, 9.17) is 4.42 Å². The van der Waals surface area contributed by atoms with Gasteiger partial charge in [-0.05, 0) is 30.3 Å². The van der Waals surface area contributed by atoms with E-state index < -0.39 is 5.97 Å². The predicted molar refractivity (Wildman–Crippen MR) is 76.2 cm³/mol. The first-order chi connectivity index (χ1) is 10.2. The molecule has 0 aliphatic rings. The molecule has 5 heteroatoms. The highest BCUT2D eigenvalue weighted by Crippen LogP contribution is 2.25. The van der Waals surface area contributed by atoms with Crippen molar-refractivity contribution in [1.82, 2.24) is 4.98 Å². The largest absolute Gasteiger partial charge is 0.465 e. The first-order valence-corrected chi connectivity index (χ1v) is 6.26. The van der Waals surface area contributed by atoms with Crippen molar-refractivity contribution in [1.29, 1.82) is 0 Å². The fraction of sp³-hybridized carbons (Fsp3) is 0.0625. The van der Waals surface area contributed by atoms with Crippen LogP contribution in [-0.2, 0) is 4.74 Å². The summed E-state index contributed by atoms with van der Waals surface area (Å²) in [4.78, 5) is 26.5. The molecule has 1 heterocycles. The molecule has 0 aliphatic carbocycles. The van der Waals surface area contributed by atoms with Crippen molar-refractivity contribution in [2.45, 2.75) is 0 Å². The summed E-state index contributed by atoms with van der Waals surface area (Å²) in [7, 11) is 1.33. The van der Waals surface area contributed by atoms with Crippen molar-refractivity contribution >= 4 is 23.4 Å². The standard InChI is InChI=1S/C16H11NO4/c1-20-16(19)12-6-7-14-13(8-12)17-15(21-14)11-4-2-10(9-18)3-5-11/h2-9H,1H3. The Hall–Kier alpha value is -2.95. The molecule has 21 heavy (non-hydrogen) atoms. The Balaban J connectivity index is 2.03. The van der Waals surface area contributed by atoms with Gasteiger partial charge in [-0.2, -0.15) is 0 Å². The number of nitrogens with zero attached hydrogens (tertiary/aromatic N) is 1. The molecule has 2 aromatic carbocycles. The van der Waals surface area contributed by atoms with Gasteiger partial charge in [0.05, 0.1) is 12.7 Å². The van der Waals surface area contributed by atoms with Crippen molar-refractivity contribution in [3.8, 4) is 11.5 Å². The second kappa shape index (κ2) is 5.20. The van der Waals surface area contributed by atoms with Gasteiger partial charge in [0.1, 0.15) is 11.8 Å². The lowest BCUT2D eigenvalue weighted by atomic mass is 10.1. The number of hydrogen-bond donors (Lipinski definition) is 0. The third-order valence-corrected chi connectivity index (χ3v) is 3.10. The van der Waals surface area contributed by atoms with Gasteiger partial charge < -0.3 is 9.15 Å². The van der Waals surface area contributed by atoms with Crippen LogP contribution in [-0.4, -0.2) is 24.3 Å². The van der Waals surface area contributed by atoms with E-state index in [2.05, 4.69) is 9.72 Å². The van der Waals surface area contributed by atoms with Crippen LogP contribution in [0.4, 0.5) is 0 Å². The summed E-state index contributed by atoms with van der Waals surface area (Å²) in [6.45, 7) is 0. The summed E-state index contributed by atoms with van der Waals surface area (Å²) in [6, 6.07) is 11.8. The van der Waals surface area contributed by atoms with Gasteiger partial charge in [0.25, 0.3) is 0 Å².